The van der Waals surface area contributed by atoms with Crippen molar-refractivity contribution in [3.63, 3.8) is 0 Å². The van der Waals surface area contributed by atoms with Crippen molar-refractivity contribution in [2.24, 2.45) is 0 Å². The molecule has 0 aliphatic carbocycles. The molecule has 7 aliphatic rings. The normalized spacial score (nSPS) is 29.0. The second-order valence-electron chi connectivity index (χ2n) is 32.3. The molecule has 744 valence electrons. The van der Waals surface area contributed by atoms with Crippen molar-refractivity contribution in [3.8, 4) is 0 Å². The summed E-state index contributed by atoms with van der Waals surface area (Å²) in [5.41, 5.74) is -3.53. The SMILES string of the molecule is C=CC1(C(=O)[O-])O[C@@H](O[C@@H]2C(COS(=O)(=O)[O-])O[C@@H](O[C@H]3[C@H](OC)C4OCC3(C(=O)[O-])O[C@H]4O[C@@H]3C(CO[Si](c4ccccc4)(c4ccccc4)C(C)(C)C)O[C@H](OC)C(OSOO[O-])[C@H]3OCc3ccccc3)C(OSOO[O-])[C@H]2OSOO[O-])C(OCc2ccccc2)[C@@H](OC)[C@@H]1O[C@@H]1OC(COS(=O)(=O)[O-])[C@@H](OCc2ccccc2)[C@H](OCc2ccccc2)C1OCc1ccccc1.[Na+].[Na+].[Na+].[Na+].[Na+].[Na+].[Na+]. The van der Waals surface area contributed by atoms with Crippen molar-refractivity contribution in [3.05, 3.63) is 253 Å². The van der Waals surface area contributed by atoms with E-state index < -0.39 is 225 Å². The smallest absolute Gasteiger partial charge is 0.726 e. The van der Waals surface area contributed by atoms with Gasteiger partial charge in [-0.1, -0.05) is 246 Å². The first-order valence-electron chi connectivity index (χ1n) is 41.9. The Balaban J connectivity index is 0.00000447. The second kappa shape index (κ2) is 64.0. The molecule has 7 heterocycles. The molecule has 14 rings (SSSR count). The number of carbonyl (C=O) groups excluding carboxylic acids is 2. The molecule has 7 saturated heterocycles. The molecule has 56 heteroatoms. The summed E-state index contributed by atoms with van der Waals surface area (Å²) in [4.78, 5) is 29.4. The summed E-state index contributed by atoms with van der Waals surface area (Å²) in [7, 11) is -11.6. The van der Waals surface area contributed by atoms with Crippen LogP contribution >= 0.6 is 37.0 Å². The summed E-state index contributed by atoms with van der Waals surface area (Å²) in [5.74, 6) is -4.34. The third-order valence-electron chi connectivity index (χ3n) is 23.1. The third-order valence-corrected chi connectivity index (χ3v) is 30.2. The van der Waals surface area contributed by atoms with Crippen molar-refractivity contribution in [2.45, 2.75) is 211 Å². The Kier molecular flexibility index (Phi) is 58.9. The maximum absolute atomic E-state index is 14.8. The molecule has 0 N–H and O–H groups in total. The van der Waals surface area contributed by atoms with Crippen LogP contribution in [0.15, 0.2) is 225 Å². The number of hydrogen-bond donors (Lipinski definition) is 0. The minimum absolute atomic E-state index is 0. The summed E-state index contributed by atoms with van der Waals surface area (Å²) in [5, 5.41) is 76.5. The molecule has 7 aromatic rings. The number of hydrogen-bond acceptors (Lipinski definition) is 46. The van der Waals surface area contributed by atoms with E-state index in [0.717, 1.165) is 24.6 Å². The average Bonchev–Trinajstić information content (AvgIpc) is 0.715. The van der Waals surface area contributed by atoms with Gasteiger partial charge in [0.1, 0.15) is 97.7 Å². The Morgan fingerprint density at radius 2 is 0.748 bits per heavy atom. The molecular formula is C87H97Na7O43S5Si. The van der Waals surface area contributed by atoms with Gasteiger partial charge in [-0.25, -0.2) is 16.8 Å². The number of rotatable bonds is 52. The van der Waals surface area contributed by atoms with Crippen molar-refractivity contribution in [1.29, 1.82) is 0 Å². The third kappa shape index (κ3) is 34.5. The van der Waals surface area contributed by atoms with E-state index in [1.165, 1.54) is 7.11 Å². The summed E-state index contributed by atoms with van der Waals surface area (Å²) in [6, 6.07) is 61.8. The maximum Gasteiger partial charge on any atom is 1.00 e. The summed E-state index contributed by atoms with van der Waals surface area (Å²) < 4.78 is 245. The van der Waals surface area contributed by atoms with Crippen LogP contribution in [-0.4, -0.2) is 246 Å². The Labute approximate surface area is 994 Å². The summed E-state index contributed by atoms with van der Waals surface area (Å²) >= 11 is -0.564. The van der Waals surface area contributed by atoms with Gasteiger partial charge in [0.15, 0.2) is 91.8 Å². The van der Waals surface area contributed by atoms with Crippen molar-refractivity contribution < 1.29 is 407 Å². The molecular weight excluding hydrogens is 2080 g/mol. The van der Waals surface area contributed by atoms with Gasteiger partial charge in [0.05, 0.1) is 71.4 Å². The monoisotopic (exact) mass is 2180 g/mol. The molecule has 25 atom stereocenters. The number of fused-ring (bicyclic) bond motifs is 3. The fourth-order valence-corrected chi connectivity index (χ4v) is 23.2. The van der Waals surface area contributed by atoms with Crippen molar-refractivity contribution >= 4 is 88.4 Å². The first kappa shape index (κ1) is 132. The van der Waals surface area contributed by atoms with Gasteiger partial charge >= 0.3 is 207 Å². The standard InChI is InChI=1S/C87H104O43S5Si.7Na/c1-8-86(83(88)89)76(118-79-71(107-47-56-36-22-12-23-37-56)66(105-45-54-32-18-10-19-33-54)63(60(114-79)49-110-134(95,96)97)104-44-53-30-16-9-17-31-53)69(101-5)72(108-48-57-38-24-13-25-39-57)81(120-86)117-65-61(50-111-135(98,99)100)115-80(75(124-133-130-127-94)68(65)122-131-128-125-92)119-77-70(102-6)73-82(121-87(77,52-109-73)84(90)91)116-64-62(51-112-136(85(2,3)4,58-40-26-14-27-41-58)59-42-28-15-29-43-59)113-78(103-7)74(123-132-129-126-93)67(64)106-46-55-34-20-11-21-35-55;;;;;;;/h8-43,60-82,92-94H,1,44-52H2,2-7H3,(H,88,89)(H,90,91)(H,95,96,97)(H,98,99,100);;;;;;;/q;7*+1/p-7/t60?,61?,62?,63-,64-,65-,66+,67+,68+,69-,70-,71?,72?,73?,74?,75?,76+,77+,78+,79+,80+,81-,82-,86?,87?;;;;;;;/m1......./s1. The van der Waals surface area contributed by atoms with E-state index >= 15 is 0 Å². The van der Waals surface area contributed by atoms with Gasteiger partial charge in [-0.05, 0) is 43.2 Å². The van der Waals surface area contributed by atoms with Gasteiger partial charge in [-0.3, -0.25) is 36.0 Å². The molecule has 143 heavy (non-hydrogen) atoms. The van der Waals surface area contributed by atoms with Crippen LogP contribution in [0.4, 0.5) is 0 Å². The van der Waals surface area contributed by atoms with Crippen LogP contribution in [0.3, 0.4) is 0 Å². The van der Waals surface area contributed by atoms with E-state index in [2.05, 4.69) is 34.7 Å². The summed E-state index contributed by atoms with van der Waals surface area (Å²) in [6.07, 6.45) is -43.2. The summed E-state index contributed by atoms with van der Waals surface area (Å²) in [6.45, 7) is 4.50. The van der Waals surface area contributed by atoms with Gasteiger partial charge in [0.2, 0.25) is 20.8 Å². The van der Waals surface area contributed by atoms with Gasteiger partial charge in [0, 0.05) is 21.3 Å². The number of methoxy groups -OCH3 is 3. The molecule has 7 aromatic carbocycles. The Morgan fingerprint density at radius 3 is 1.13 bits per heavy atom. The molecule has 7 fully saturated rings. The van der Waals surface area contributed by atoms with Crippen molar-refractivity contribution in [1.82, 2.24) is 0 Å². The molecule has 2 bridgehead atoms. The predicted molar refractivity (Wildman–Crippen MR) is 453 cm³/mol. The Bertz CT molecular complexity index is 5040. The van der Waals surface area contributed by atoms with E-state index in [-0.39, 0.29) is 277 Å². The van der Waals surface area contributed by atoms with Crippen LogP contribution in [0, 0.1) is 0 Å². The number of carbonyl (C=O) groups is 2. The van der Waals surface area contributed by atoms with Crippen LogP contribution in [0.2, 0.25) is 5.04 Å². The Hall–Kier alpha value is -0.0131. The fourth-order valence-electron chi connectivity index (χ4n) is 17.0. The number of benzene rings is 7. The minimum Gasteiger partial charge on any atom is -0.726 e. The first-order chi connectivity index (χ1) is 65.6. The zero-order valence-electron chi connectivity index (χ0n) is 80.2. The van der Waals surface area contributed by atoms with E-state index in [4.69, 9.17) is 111 Å². The van der Waals surface area contributed by atoms with E-state index in [0.29, 0.717) is 33.9 Å². The molecule has 43 nitrogen and oxygen atoms in total. The number of carboxylic acids is 2. The van der Waals surface area contributed by atoms with Crippen LogP contribution in [0.25, 0.3) is 0 Å². The topological polar surface area (TPSA) is 541 Å². The van der Waals surface area contributed by atoms with Crippen LogP contribution in [-0.2, 0) is 202 Å². The zero-order chi connectivity index (χ0) is 96.6. The van der Waals surface area contributed by atoms with Crippen LogP contribution in [0.1, 0.15) is 48.6 Å². The van der Waals surface area contributed by atoms with Crippen LogP contribution in [0.5, 0.6) is 0 Å². The molecule has 0 aromatic heterocycles. The average molecular weight is 2180 g/mol. The molecule has 0 radical (unpaired) electrons. The van der Waals surface area contributed by atoms with Crippen LogP contribution < -0.4 is 243 Å². The number of aliphatic carboxylic acids is 2. The second-order valence-corrected chi connectivity index (χ2v) is 40.1. The van der Waals surface area contributed by atoms with Gasteiger partial charge < -0.3 is 134 Å². The Morgan fingerprint density at radius 1 is 0.406 bits per heavy atom. The molecule has 0 spiro atoms. The first-order valence-corrected chi connectivity index (χ1v) is 48.5. The molecule has 10 unspecified atom stereocenters. The zero-order valence-corrected chi connectivity index (χ0v) is 99.3. The number of ether oxygens (including phenoxy) is 18. The largest absolute Gasteiger partial charge is 1.00 e. The van der Waals surface area contributed by atoms with Gasteiger partial charge in [0.25, 0.3) is 8.32 Å². The quantitative estimate of drug-likeness (QED) is 0.00499. The fraction of sp³-hybridized carbons (Fsp3) is 0.471. The molecule has 0 saturated carbocycles. The maximum atomic E-state index is 14.8. The molecule has 7 aliphatic heterocycles. The van der Waals surface area contributed by atoms with Crippen molar-refractivity contribution in [2.75, 3.05) is 47.8 Å². The predicted octanol–water partition coefficient (Wildman–Crippen LogP) is -19.3. The van der Waals surface area contributed by atoms with Gasteiger partial charge in [-0.15, -0.1) is 13.0 Å². The molecule has 0 amide bonds. The number of carboxylic acid groups (broad SMARTS) is 2. The van der Waals surface area contributed by atoms with E-state index in [1.807, 2.05) is 81.4 Å². The van der Waals surface area contributed by atoms with Gasteiger partial charge in [-0.2, -0.15) is 0 Å². The minimum atomic E-state index is -5.91. The van der Waals surface area contributed by atoms with E-state index in [1.54, 1.807) is 152 Å². The van der Waals surface area contributed by atoms with E-state index in [9.17, 15) is 61.5 Å².